The number of benzene rings is 2. The van der Waals surface area contributed by atoms with Crippen molar-refractivity contribution < 1.29 is 14.3 Å². The standard InChI is InChI=1S/C18H15Cl2N3O3/c1-3-26-18-21-16(12-6-9-14(19)15(20)10-12)23(22-18)17(24)11-4-7-13(25-2)8-5-11/h4-10H,3H2,1-2H3. The van der Waals surface area contributed by atoms with Crippen LogP contribution in [0.25, 0.3) is 11.4 Å². The predicted molar refractivity (Wildman–Crippen MR) is 99.4 cm³/mol. The Morgan fingerprint density at radius 1 is 1.12 bits per heavy atom. The van der Waals surface area contributed by atoms with Gasteiger partial charge in [-0.1, -0.05) is 23.2 Å². The van der Waals surface area contributed by atoms with Crippen LogP contribution in [-0.4, -0.2) is 34.4 Å². The molecular formula is C18H15Cl2N3O3. The number of nitrogens with zero attached hydrogens (tertiary/aromatic N) is 3. The maximum Gasteiger partial charge on any atom is 0.336 e. The van der Waals surface area contributed by atoms with Gasteiger partial charge in [0.05, 0.1) is 23.8 Å². The monoisotopic (exact) mass is 391 g/mol. The number of halogens is 2. The Bertz CT molecular complexity index is 939. The largest absolute Gasteiger partial charge is 0.497 e. The summed E-state index contributed by atoms with van der Waals surface area (Å²) in [6.45, 7) is 2.19. The molecule has 0 atom stereocenters. The Kier molecular flexibility index (Phi) is 5.44. The van der Waals surface area contributed by atoms with Crippen LogP contribution in [0.4, 0.5) is 0 Å². The molecular weight excluding hydrogens is 377 g/mol. The minimum Gasteiger partial charge on any atom is -0.497 e. The van der Waals surface area contributed by atoms with E-state index in [9.17, 15) is 4.79 Å². The number of aromatic nitrogens is 3. The van der Waals surface area contributed by atoms with Crippen LogP contribution in [-0.2, 0) is 0 Å². The van der Waals surface area contributed by atoms with E-state index in [2.05, 4.69) is 10.1 Å². The van der Waals surface area contributed by atoms with Gasteiger partial charge in [-0.3, -0.25) is 4.79 Å². The first-order valence-corrected chi connectivity index (χ1v) is 8.53. The van der Waals surface area contributed by atoms with Crippen LogP contribution in [0.1, 0.15) is 17.3 Å². The van der Waals surface area contributed by atoms with Crippen LogP contribution in [0, 0.1) is 0 Å². The van der Waals surface area contributed by atoms with E-state index >= 15 is 0 Å². The topological polar surface area (TPSA) is 66.2 Å². The molecule has 3 rings (SSSR count). The average Bonchev–Trinajstić information content (AvgIpc) is 3.07. The zero-order valence-electron chi connectivity index (χ0n) is 14.1. The summed E-state index contributed by atoms with van der Waals surface area (Å²) in [5.74, 6) is 0.611. The predicted octanol–water partition coefficient (Wildman–Crippen LogP) is 4.35. The number of methoxy groups -OCH3 is 1. The third-order valence-electron chi connectivity index (χ3n) is 3.57. The molecule has 1 aromatic heterocycles. The Balaban J connectivity index is 2.06. The lowest BCUT2D eigenvalue weighted by molar-refractivity contribution is 0.0945. The van der Waals surface area contributed by atoms with Crippen molar-refractivity contribution in [2.75, 3.05) is 13.7 Å². The zero-order chi connectivity index (χ0) is 18.7. The molecule has 0 saturated heterocycles. The summed E-state index contributed by atoms with van der Waals surface area (Å²) in [5.41, 5.74) is 1.03. The maximum atomic E-state index is 12.9. The van der Waals surface area contributed by atoms with Gasteiger partial charge >= 0.3 is 6.01 Å². The normalized spacial score (nSPS) is 10.6. The van der Waals surface area contributed by atoms with Gasteiger partial charge in [-0.05, 0) is 49.4 Å². The SMILES string of the molecule is CCOc1nc(-c2ccc(Cl)c(Cl)c2)n(C(=O)c2ccc(OC)cc2)n1. The third-order valence-corrected chi connectivity index (χ3v) is 4.31. The quantitative estimate of drug-likeness (QED) is 0.646. The third kappa shape index (κ3) is 3.66. The van der Waals surface area contributed by atoms with E-state index in [0.29, 0.717) is 39.4 Å². The minimum absolute atomic E-state index is 0.107. The minimum atomic E-state index is -0.354. The molecule has 3 aromatic rings. The molecule has 2 aromatic carbocycles. The summed E-state index contributed by atoms with van der Waals surface area (Å²) in [4.78, 5) is 17.2. The van der Waals surface area contributed by atoms with E-state index in [4.69, 9.17) is 32.7 Å². The second-order valence-electron chi connectivity index (χ2n) is 5.23. The fraction of sp³-hybridized carbons (Fsp3) is 0.167. The lowest BCUT2D eigenvalue weighted by Gasteiger charge is -2.06. The molecule has 0 aliphatic carbocycles. The molecule has 0 aliphatic heterocycles. The molecule has 0 radical (unpaired) electrons. The van der Waals surface area contributed by atoms with E-state index in [1.165, 1.54) is 4.68 Å². The number of hydrogen-bond acceptors (Lipinski definition) is 5. The summed E-state index contributed by atoms with van der Waals surface area (Å²) >= 11 is 12.1. The molecule has 0 unspecified atom stereocenters. The average molecular weight is 392 g/mol. The van der Waals surface area contributed by atoms with Crippen LogP contribution < -0.4 is 9.47 Å². The second kappa shape index (κ2) is 7.76. The van der Waals surface area contributed by atoms with Gasteiger partial charge < -0.3 is 9.47 Å². The Labute approximate surface area is 160 Å². The lowest BCUT2D eigenvalue weighted by atomic mass is 10.2. The number of carbonyl (C=O) groups excluding carboxylic acids is 1. The van der Waals surface area contributed by atoms with Crippen molar-refractivity contribution in [2.45, 2.75) is 6.92 Å². The molecule has 0 saturated carbocycles. The number of rotatable bonds is 5. The van der Waals surface area contributed by atoms with Crippen LogP contribution >= 0.6 is 23.2 Å². The fourth-order valence-corrected chi connectivity index (χ4v) is 2.60. The van der Waals surface area contributed by atoms with Crippen molar-refractivity contribution in [1.82, 2.24) is 14.8 Å². The smallest absolute Gasteiger partial charge is 0.336 e. The molecule has 0 N–H and O–H groups in total. The lowest BCUT2D eigenvalue weighted by Crippen LogP contribution is -2.15. The summed E-state index contributed by atoms with van der Waals surface area (Å²) in [5, 5.41) is 4.94. The summed E-state index contributed by atoms with van der Waals surface area (Å²) in [6.07, 6.45) is 0. The second-order valence-corrected chi connectivity index (χ2v) is 6.04. The molecule has 26 heavy (non-hydrogen) atoms. The summed E-state index contributed by atoms with van der Waals surface area (Å²) in [6, 6.07) is 11.8. The first-order valence-electron chi connectivity index (χ1n) is 7.77. The highest BCUT2D eigenvalue weighted by molar-refractivity contribution is 6.42. The highest BCUT2D eigenvalue weighted by atomic mass is 35.5. The Morgan fingerprint density at radius 3 is 2.46 bits per heavy atom. The first-order chi connectivity index (χ1) is 12.5. The summed E-state index contributed by atoms with van der Waals surface area (Å²) < 4.78 is 11.7. The molecule has 0 fully saturated rings. The Hall–Kier alpha value is -2.57. The highest BCUT2D eigenvalue weighted by Crippen LogP contribution is 2.29. The number of ether oxygens (including phenoxy) is 2. The molecule has 6 nitrogen and oxygen atoms in total. The van der Waals surface area contributed by atoms with Gasteiger partial charge in [0, 0.05) is 11.1 Å². The van der Waals surface area contributed by atoms with Crippen molar-refractivity contribution in [1.29, 1.82) is 0 Å². The first kappa shape index (κ1) is 18.2. The number of carbonyl (C=O) groups is 1. The van der Waals surface area contributed by atoms with E-state index in [0.717, 1.165) is 0 Å². The maximum absolute atomic E-state index is 12.9. The van der Waals surface area contributed by atoms with Crippen molar-refractivity contribution in [2.24, 2.45) is 0 Å². The molecule has 0 aliphatic rings. The number of hydrogen-bond donors (Lipinski definition) is 0. The van der Waals surface area contributed by atoms with Gasteiger partial charge in [0.2, 0.25) is 0 Å². The van der Waals surface area contributed by atoms with Gasteiger partial charge in [0.1, 0.15) is 5.75 Å². The van der Waals surface area contributed by atoms with Gasteiger partial charge in [-0.2, -0.15) is 9.67 Å². The van der Waals surface area contributed by atoms with Crippen molar-refractivity contribution in [3.63, 3.8) is 0 Å². The summed E-state index contributed by atoms with van der Waals surface area (Å²) in [7, 11) is 1.56. The van der Waals surface area contributed by atoms with Gasteiger partial charge in [-0.25, -0.2) is 0 Å². The molecule has 8 heteroatoms. The molecule has 0 bridgehead atoms. The van der Waals surface area contributed by atoms with Crippen LogP contribution in [0.2, 0.25) is 10.0 Å². The van der Waals surface area contributed by atoms with E-state index in [1.807, 2.05) is 6.92 Å². The molecule has 134 valence electrons. The van der Waals surface area contributed by atoms with E-state index < -0.39 is 0 Å². The molecule has 0 spiro atoms. The van der Waals surface area contributed by atoms with Crippen LogP contribution in [0.15, 0.2) is 42.5 Å². The van der Waals surface area contributed by atoms with Crippen molar-refractivity contribution in [3.05, 3.63) is 58.1 Å². The van der Waals surface area contributed by atoms with Crippen LogP contribution in [0.3, 0.4) is 0 Å². The van der Waals surface area contributed by atoms with Crippen molar-refractivity contribution in [3.8, 4) is 23.1 Å². The molecule has 0 amide bonds. The van der Waals surface area contributed by atoms with Crippen molar-refractivity contribution >= 4 is 29.1 Å². The highest BCUT2D eigenvalue weighted by Gasteiger charge is 2.20. The van der Waals surface area contributed by atoms with E-state index in [1.54, 1.807) is 49.6 Å². The fourth-order valence-electron chi connectivity index (χ4n) is 2.30. The van der Waals surface area contributed by atoms with Crippen LogP contribution in [0.5, 0.6) is 11.8 Å². The zero-order valence-corrected chi connectivity index (χ0v) is 15.6. The van der Waals surface area contributed by atoms with E-state index in [-0.39, 0.29) is 11.9 Å². The van der Waals surface area contributed by atoms with Gasteiger partial charge in [0.15, 0.2) is 5.82 Å². The van der Waals surface area contributed by atoms with Gasteiger partial charge in [0.25, 0.3) is 5.91 Å². The van der Waals surface area contributed by atoms with Gasteiger partial charge in [-0.15, -0.1) is 5.10 Å². The Morgan fingerprint density at radius 2 is 1.85 bits per heavy atom. The molecule has 1 heterocycles.